The van der Waals surface area contributed by atoms with Crippen molar-refractivity contribution < 1.29 is 4.79 Å². The first kappa shape index (κ1) is 19.6. The topological polar surface area (TPSA) is 64.0 Å². The number of amides is 1. The van der Waals surface area contributed by atoms with Crippen molar-refractivity contribution in [1.29, 1.82) is 0 Å². The molecule has 0 unspecified atom stereocenters. The van der Waals surface area contributed by atoms with E-state index in [9.17, 15) is 9.59 Å². The number of hydrogen-bond donors (Lipinski definition) is 1. The quantitative estimate of drug-likeness (QED) is 0.546. The number of fused-ring (bicyclic) bond motifs is 1. The number of benzene rings is 3. The van der Waals surface area contributed by atoms with Crippen LogP contribution in [-0.2, 0) is 11.3 Å². The number of aryl methyl sites for hydroxylation is 3. The average Bonchev–Trinajstić information content (AvgIpc) is 2.72. The summed E-state index contributed by atoms with van der Waals surface area (Å²) < 4.78 is 1.25. The Bertz CT molecular complexity index is 1320. The number of nitrogens with one attached hydrogen (secondary N) is 1. The molecule has 4 aromatic rings. The molecule has 5 nitrogen and oxygen atoms in total. The van der Waals surface area contributed by atoms with Crippen LogP contribution in [0.15, 0.2) is 71.5 Å². The molecule has 0 fully saturated rings. The number of carbonyl (C=O) groups excluding carboxylic acids is 1. The first-order valence-electron chi connectivity index (χ1n) is 9.86. The van der Waals surface area contributed by atoms with E-state index in [4.69, 9.17) is 0 Å². The molecule has 3 aromatic carbocycles. The van der Waals surface area contributed by atoms with Crippen LogP contribution in [0.2, 0.25) is 0 Å². The summed E-state index contributed by atoms with van der Waals surface area (Å²) >= 11 is 0. The molecule has 0 bridgehead atoms. The van der Waals surface area contributed by atoms with Gasteiger partial charge in [-0.05, 0) is 56.2 Å². The van der Waals surface area contributed by atoms with Gasteiger partial charge in [-0.15, -0.1) is 0 Å². The maximum atomic E-state index is 13.0. The number of carbonyl (C=O) groups is 1. The predicted molar refractivity (Wildman–Crippen MR) is 121 cm³/mol. The monoisotopic (exact) mass is 397 g/mol. The molecule has 0 aliphatic heterocycles. The van der Waals surface area contributed by atoms with Gasteiger partial charge in [-0.25, -0.2) is 4.68 Å². The van der Waals surface area contributed by atoms with Crippen LogP contribution in [-0.4, -0.2) is 15.7 Å². The molecule has 5 heteroatoms. The molecule has 1 heterocycles. The Morgan fingerprint density at radius 1 is 0.900 bits per heavy atom. The van der Waals surface area contributed by atoms with Gasteiger partial charge >= 0.3 is 0 Å². The zero-order valence-electron chi connectivity index (χ0n) is 17.3. The summed E-state index contributed by atoms with van der Waals surface area (Å²) in [6.45, 7) is 5.85. The van der Waals surface area contributed by atoms with Crippen LogP contribution in [0.4, 0.5) is 5.69 Å². The van der Waals surface area contributed by atoms with E-state index in [1.165, 1.54) is 4.68 Å². The Kier molecular flexibility index (Phi) is 5.19. The second kappa shape index (κ2) is 7.95. The molecule has 0 aliphatic carbocycles. The smallest absolute Gasteiger partial charge is 0.275 e. The highest BCUT2D eigenvalue weighted by molar-refractivity contribution is 5.95. The summed E-state index contributed by atoms with van der Waals surface area (Å²) in [5.74, 6) is -0.294. The molecule has 0 saturated heterocycles. The third-order valence-electron chi connectivity index (χ3n) is 5.11. The van der Waals surface area contributed by atoms with Crippen molar-refractivity contribution in [2.45, 2.75) is 27.3 Å². The van der Waals surface area contributed by atoms with Crippen molar-refractivity contribution >= 4 is 22.4 Å². The van der Waals surface area contributed by atoms with Crippen molar-refractivity contribution in [3.63, 3.8) is 0 Å². The van der Waals surface area contributed by atoms with Crippen LogP contribution >= 0.6 is 0 Å². The molecule has 0 atom stereocenters. The Balaban J connectivity index is 1.79. The van der Waals surface area contributed by atoms with Gasteiger partial charge in [-0.1, -0.05) is 48.0 Å². The second-order valence-corrected chi connectivity index (χ2v) is 7.59. The van der Waals surface area contributed by atoms with E-state index in [1.54, 1.807) is 6.07 Å². The summed E-state index contributed by atoms with van der Waals surface area (Å²) in [5, 5.41) is 8.79. The SMILES string of the molecule is Cc1cccc(NC(=O)Cn2nc(-c3cc(C)ccc3C)c3ccccc3c2=O)c1. The Labute approximate surface area is 175 Å². The highest BCUT2D eigenvalue weighted by Crippen LogP contribution is 2.28. The van der Waals surface area contributed by atoms with Gasteiger partial charge in [-0.3, -0.25) is 9.59 Å². The molecule has 0 spiro atoms. The first-order valence-corrected chi connectivity index (χ1v) is 9.86. The van der Waals surface area contributed by atoms with Crippen LogP contribution in [0.5, 0.6) is 0 Å². The third kappa shape index (κ3) is 3.87. The summed E-state index contributed by atoms with van der Waals surface area (Å²) in [6, 6.07) is 21.1. The normalized spacial score (nSPS) is 10.9. The van der Waals surface area contributed by atoms with Crippen LogP contribution in [0.25, 0.3) is 22.0 Å². The van der Waals surface area contributed by atoms with Crippen LogP contribution in [0.3, 0.4) is 0 Å². The highest BCUT2D eigenvalue weighted by atomic mass is 16.2. The number of nitrogens with zero attached hydrogens (tertiary/aromatic N) is 2. The van der Waals surface area contributed by atoms with Crippen molar-refractivity contribution in [3.8, 4) is 11.3 Å². The number of rotatable bonds is 4. The summed E-state index contributed by atoms with van der Waals surface area (Å²) in [7, 11) is 0. The van der Waals surface area contributed by atoms with E-state index < -0.39 is 0 Å². The fraction of sp³-hybridized carbons (Fsp3) is 0.160. The average molecular weight is 397 g/mol. The minimum absolute atomic E-state index is 0.157. The van der Waals surface area contributed by atoms with Gasteiger partial charge in [0.25, 0.3) is 5.56 Å². The molecule has 1 amide bonds. The van der Waals surface area contributed by atoms with E-state index in [2.05, 4.69) is 16.5 Å². The zero-order chi connectivity index (χ0) is 21.3. The summed E-state index contributed by atoms with van der Waals surface area (Å²) in [5.41, 5.74) is 5.30. The van der Waals surface area contributed by atoms with Gasteiger partial charge in [-0.2, -0.15) is 5.10 Å². The molecule has 0 saturated carbocycles. The Morgan fingerprint density at radius 3 is 2.40 bits per heavy atom. The first-order chi connectivity index (χ1) is 14.4. The lowest BCUT2D eigenvalue weighted by molar-refractivity contribution is -0.117. The molecule has 30 heavy (non-hydrogen) atoms. The van der Waals surface area contributed by atoms with Gasteiger partial charge in [0.15, 0.2) is 0 Å². The molecule has 150 valence electrons. The second-order valence-electron chi connectivity index (χ2n) is 7.59. The van der Waals surface area contributed by atoms with Gasteiger partial charge < -0.3 is 5.32 Å². The molecule has 0 radical (unpaired) electrons. The number of anilines is 1. The van der Waals surface area contributed by atoms with Gasteiger partial charge in [0.1, 0.15) is 6.54 Å². The maximum absolute atomic E-state index is 13.0. The van der Waals surface area contributed by atoms with Crippen LogP contribution in [0, 0.1) is 20.8 Å². The molecular weight excluding hydrogens is 374 g/mol. The third-order valence-corrected chi connectivity index (χ3v) is 5.11. The Hall–Kier alpha value is -3.73. The van der Waals surface area contributed by atoms with E-state index in [1.807, 2.05) is 75.4 Å². The predicted octanol–water partition coefficient (Wildman–Crippen LogP) is 4.63. The lowest BCUT2D eigenvalue weighted by Crippen LogP contribution is -2.30. The van der Waals surface area contributed by atoms with E-state index >= 15 is 0 Å². The number of aromatic nitrogens is 2. The number of hydrogen-bond acceptors (Lipinski definition) is 3. The standard InChI is InChI=1S/C25H23N3O2/c1-16-7-6-8-19(13-16)26-23(29)15-28-25(30)21-10-5-4-9-20(21)24(27-28)22-14-17(2)11-12-18(22)3/h4-14H,15H2,1-3H3,(H,26,29). The molecular formula is C25H23N3O2. The van der Waals surface area contributed by atoms with E-state index in [0.717, 1.165) is 27.6 Å². The lowest BCUT2D eigenvalue weighted by atomic mass is 9.99. The van der Waals surface area contributed by atoms with Gasteiger partial charge in [0.2, 0.25) is 5.91 Å². The van der Waals surface area contributed by atoms with Crippen molar-refractivity contribution in [1.82, 2.24) is 9.78 Å². The Morgan fingerprint density at radius 2 is 1.63 bits per heavy atom. The fourth-order valence-corrected chi connectivity index (χ4v) is 3.59. The van der Waals surface area contributed by atoms with Gasteiger partial charge in [0, 0.05) is 16.6 Å². The van der Waals surface area contributed by atoms with Crippen molar-refractivity contribution in [2.75, 3.05) is 5.32 Å². The largest absolute Gasteiger partial charge is 0.324 e. The molecule has 1 aromatic heterocycles. The maximum Gasteiger partial charge on any atom is 0.275 e. The van der Waals surface area contributed by atoms with Crippen molar-refractivity contribution in [2.24, 2.45) is 0 Å². The van der Waals surface area contributed by atoms with Crippen LogP contribution in [0.1, 0.15) is 16.7 Å². The van der Waals surface area contributed by atoms with Gasteiger partial charge in [0.05, 0.1) is 11.1 Å². The molecule has 1 N–H and O–H groups in total. The fourth-order valence-electron chi connectivity index (χ4n) is 3.59. The summed E-state index contributed by atoms with van der Waals surface area (Å²) in [6.07, 6.45) is 0. The summed E-state index contributed by atoms with van der Waals surface area (Å²) in [4.78, 5) is 25.7. The highest BCUT2D eigenvalue weighted by Gasteiger charge is 2.15. The molecule has 0 aliphatic rings. The van der Waals surface area contributed by atoms with E-state index in [0.29, 0.717) is 16.8 Å². The van der Waals surface area contributed by atoms with E-state index in [-0.39, 0.29) is 18.0 Å². The van der Waals surface area contributed by atoms with Crippen LogP contribution < -0.4 is 10.9 Å². The molecule has 4 rings (SSSR count). The lowest BCUT2D eigenvalue weighted by Gasteiger charge is -2.13. The van der Waals surface area contributed by atoms with Crippen molar-refractivity contribution in [3.05, 3.63) is 93.8 Å². The minimum Gasteiger partial charge on any atom is -0.324 e. The minimum atomic E-state index is -0.294. The zero-order valence-corrected chi connectivity index (χ0v) is 17.3.